The molecule has 0 bridgehead atoms. The molecule has 5 nitrogen and oxygen atoms in total. The first-order chi connectivity index (χ1) is 11.3. The van der Waals surface area contributed by atoms with Gasteiger partial charge in [0.1, 0.15) is 0 Å². The van der Waals surface area contributed by atoms with Crippen LogP contribution in [0.3, 0.4) is 0 Å². The number of nitrogens with one attached hydrogen (secondary N) is 2. The number of ether oxygens (including phenoxy) is 1. The molecule has 0 aromatic heterocycles. The van der Waals surface area contributed by atoms with Gasteiger partial charge in [0.25, 0.3) is 11.8 Å². The van der Waals surface area contributed by atoms with E-state index in [4.69, 9.17) is 4.74 Å². The first kappa shape index (κ1) is 16.7. The average molecular weight is 312 g/mol. The van der Waals surface area contributed by atoms with Gasteiger partial charge in [-0.15, -0.1) is 0 Å². The Kier molecular flexibility index (Phi) is 6.81. The Bertz CT molecular complexity index is 559. The van der Waals surface area contributed by atoms with Crippen LogP contribution in [-0.2, 0) is 4.74 Å². The monoisotopic (exact) mass is 312 g/mol. The number of carbonyl (C=O) groups excluding carboxylic acids is 2. The molecule has 0 aliphatic carbocycles. The zero-order valence-corrected chi connectivity index (χ0v) is 12.8. The molecule has 0 aliphatic heterocycles. The van der Waals surface area contributed by atoms with E-state index < -0.39 is 0 Å². The largest absolute Gasteiger partial charge is 0.378 e. The molecule has 0 saturated carbocycles. The van der Waals surface area contributed by atoms with Crippen molar-refractivity contribution in [2.75, 3.05) is 26.3 Å². The highest BCUT2D eigenvalue weighted by Gasteiger charge is 2.04. The highest BCUT2D eigenvalue weighted by Crippen LogP contribution is 1.98. The lowest BCUT2D eigenvalue weighted by Crippen LogP contribution is -2.30. The van der Waals surface area contributed by atoms with Crippen LogP contribution in [-0.4, -0.2) is 38.1 Å². The Hall–Kier alpha value is -2.66. The second-order valence-electron chi connectivity index (χ2n) is 4.86. The van der Waals surface area contributed by atoms with Gasteiger partial charge in [0.2, 0.25) is 0 Å². The highest BCUT2D eigenvalue weighted by atomic mass is 16.5. The number of rotatable bonds is 8. The Morgan fingerprint density at radius 2 is 1.09 bits per heavy atom. The molecule has 0 unspecified atom stereocenters. The summed E-state index contributed by atoms with van der Waals surface area (Å²) >= 11 is 0. The van der Waals surface area contributed by atoms with Crippen LogP contribution in [0.1, 0.15) is 20.7 Å². The standard InChI is InChI=1S/C18H20N2O3/c21-17(15-7-3-1-4-8-15)19-11-13-23-14-12-20-18(22)16-9-5-2-6-10-16/h1-10H,11-14H2,(H,19,21)(H,20,22). The number of benzene rings is 2. The lowest BCUT2D eigenvalue weighted by Gasteiger charge is -2.08. The molecule has 0 saturated heterocycles. The lowest BCUT2D eigenvalue weighted by molar-refractivity contribution is 0.0893. The van der Waals surface area contributed by atoms with Crippen LogP contribution < -0.4 is 10.6 Å². The molecule has 0 aliphatic rings. The van der Waals surface area contributed by atoms with Crippen molar-refractivity contribution in [2.24, 2.45) is 0 Å². The number of hydrogen-bond donors (Lipinski definition) is 2. The minimum Gasteiger partial charge on any atom is -0.378 e. The molecule has 0 heterocycles. The zero-order valence-electron chi connectivity index (χ0n) is 12.8. The van der Waals surface area contributed by atoms with E-state index in [2.05, 4.69) is 10.6 Å². The molecule has 0 fully saturated rings. The zero-order chi connectivity index (χ0) is 16.3. The van der Waals surface area contributed by atoms with Crippen LogP contribution in [0.15, 0.2) is 60.7 Å². The normalized spacial score (nSPS) is 10.1. The molecule has 2 N–H and O–H groups in total. The first-order valence-electron chi connectivity index (χ1n) is 7.51. The van der Waals surface area contributed by atoms with E-state index in [1.54, 1.807) is 24.3 Å². The van der Waals surface area contributed by atoms with Gasteiger partial charge in [-0.3, -0.25) is 9.59 Å². The summed E-state index contributed by atoms with van der Waals surface area (Å²) in [5.74, 6) is -0.238. The molecule has 120 valence electrons. The van der Waals surface area contributed by atoms with Crippen LogP contribution in [0.2, 0.25) is 0 Å². The van der Waals surface area contributed by atoms with Crippen molar-refractivity contribution in [3.8, 4) is 0 Å². The topological polar surface area (TPSA) is 67.4 Å². The Morgan fingerprint density at radius 3 is 1.48 bits per heavy atom. The second kappa shape index (κ2) is 9.38. The van der Waals surface area contributed by atoms with E-state index in [-0.39, 0.29) is 11.8 Å². The van der Waals surface area contributed by atoms with Crippen LogP contribution >= 0.6 is 0 Å². The van der Waals surface area contributed by atoms with Gasteiger partial charge in [-0.1, -0.05) is 36.4 Å². The minimum absolute atomic E-state index is 0.119. The van der Waals surface area contributed by atoms with Gasteiger partial charge in [0.05, 0.1) is 13.2 Å². The number of amides is 2. The fourth-order valence-electron chi connectivity index (χ4n) is 1.96. The summed E-state index contributed by atoms with van der Waals surface area (Å²) in [4.78, 5) is 23.5. The van der Waals surface area contributed by atoms with E-state index >= 15 is 0 Å². The van der Waals surface area contributed by atoms with Crippen molar-refractivity contribution >= 4 is 11.8 Å². The molecule has 0 spiro atoms. The third-order valence-corrected chi connectivity index (χ3v) is 3.14. The van der Waals surface area contributed by atoms with Crippen LogP contribution in [0, 0.1) is 0 Å². The fraction of sp³-hybridized carbons (Fsp3) is 0.222. The van der Waals surface area contributed by atoms with Crippen LogP contribution in [0.25, 0.3) is 0 Å². The van der Waals surface area contributed by atoms with Gasteiger partial charge in [-0.05, 0) is 24.3 Å². The number of carbonyl (C=O) groups is 2. The quantitative estimate of drug-likeness (QED) is 0.731. The predicted molar refractivity (Wildman–Crippen MR) is 88.4 cm³/mol. The Labute approximate surface area is 135 Å². The third kappa shape index (κ3) is 5.92. The third-order valence-electron chi connectivity index (χ3n) is 3.14. The van der Waals surface area contributed by atoms with Crippen molar-refractivity contribution in [1.29, 1.82) is 0 Å². The SMILES string of the molecule is O=C(NCCOCCNC(=O)c1ccccc1)c1ccccc1. The van der Waals surface area contributed by atoms with E-state index in [9.17, 15) is 9.59 Å². The summed E-state index contributed by atoms with van der Waals surface area (Å²) in [6.45, 7) is 1.67. The van der Waals surface area contributed by atoms with Crippen LogP contribution in [0.5, 0.6) is 0 Å². The van der Waals surface area contributed by atoms with Crippen LogP contribution in [0.4, 0.5) is 0 Å². The highest BCUT2D eigenvalue weighted by molar-refractivity contribution is 5.94. The summed E-state index contributed by atoms with van der Waals surface area (Å²) in [5, 5.41) is 5.55. The van der Waals surface area contributed by atoms with Crippen molar-refractivity contribution in [3.63, 3.8) is 0 Å². The molecule has 2 amide bonds. The summed E-state index contributed by atoms with van der Waals surface area (Å²) in [6.07, 6.45) is 0. The maximum atomic E-state index is 11.8. The molecule has 0 atom stereocenters. The van der Waals surface area contributed by atoms with Gasteiger partial charge in [0, 0.05) is 24.2 Å². The summed E-state index contributed by atoms with van der Waals surface area (Å²) in [7, 11) is 0. The van der Waals surface area contributed by atoms with Gasteiger partial charge in [-0.2, -0.15) is 0 Å². The minimum atomic E-state index is -0.119. The molecular weight excluding hydrogens is 292 g/mol. The van der Waals surface area contributed by atoms with E-state index in [1.165, 1.54) is 0 Å². The predicted octanol–water partition coefficient (Wildman–Crippen LogP) is 1.86. The van der Waals surface area contributed by atoms with E-state index in [0.717, 1.165) is 0 Å². The summed E-state index contributed by atoms with van der Waals surface area (Å²) in [6, 6.07) is 18.0. The van der Waals surface area contributed by atoms with E-state index in [0.29, 0.717) is 37.4 Å². The van der Waals surface area contributed by atoms with Gasteiger partial charge in [-0.25, -0.2) is 0 Å². The van der Waals surface area contributed by atoms with Gasteiger partial charge >= 0.3 is 0 Å². The Balaban J connectivity index is 1.53. The number of hydrogen-bond acceptors (Lipinski definition) is 3. The maximum Gasteiger partial charge on any atom is 0.251 e. The summed E-state index contributed by atoms with van der Waals surface area (Å²) < 4.78 is 5.38. The maximum absolute atomic E-state index is 11.8. The molecule has 23 heavy (non-hydrogen) atoms. The average Bonchev–Trinajstić information content (AvgIpc) is 2.62. The smallest absolute Gasteiger partial charge is 0.251 e. The molecule has 2 aromatic rings. The molecule has 2 aromatic carbocycles. The van der Waals surface area contributed by atoms with Gasteiger partial charge in [0.15, 0.2) is 0 Å². The lowest BCUT2D eigenvalue weighted by atomic mass is 10.2. The molecular formula is C18H20N2O3. The van der Waals surface area contributed by atoms with Crippen molar-refractivity contribution in [1.82, 2.24) is 10.6 Å². The second-order valence-corrected chi connectivity index (χ2v) is 4.86. The Morgan fingerprint density at radius 1 is 0.696 bits per heavy atom. The molecule has 0 radical (unpaired) electrons. The molecule has 2 rings (SSSR count). The van der Waals surface area contributed by atoms with E-state index in [1.807, 2.05) is 36.4 Å². The first-order valence-corrected chi connectivity index (χ1v) is 7.51. The fourth-order valence-corrected chi connectivity index (χ4v) is 1.96. The van der Waals surface area contributed by atoms with Gasteiger partial charge < -0.3 is 15.4 Å². The summed E-state index contributed by atoms with van der Waals surface area (Å²) in [5.41, 5.74) is 1.25. The van der Waals surface area contributed by atoms with Crippen molar-refractivity contribution in [3.05, 3.63) is 71.8 Å². The molecule has 5 heteroatoms. The van der Waals surface area contributed by atoms with Crippen molar-refractivity contribution in [2.45, 2.75) is 0 Å². The van der Waals surface area contributed by atoms with Crippen molar-refractivity contribution < 1.29 is 14.3 Å².